The summed E-state index contributed by atoms with van der Waals surface area (Å²) in [5.74, 6) is -0.611. The highest BCUT2D eigenvalue weighted by Gasteiger charge is 2.18. The molecule has 1 rings (SSSR count). The van der Waals surface area contributed by atoms with Crippen LogP contribution in [0.25, 0.3) is 0 Å². The van der Waals surface area contributed by atoms with Crippen molar-refractivity contribution in [2.45, 2.75) is 39.8 Å². The van der Waals surface area contributed by atoms with Gasteiger partial charge in [-0.1, -0.05) is 0 Å². The highest BCUT2D eigenvalue weighted by atomic mass is 16.5. The van der Waals surface area contributed by atoms with Crippen LogP contribution in [0, 0.1) is 0 Å². The van der Waals surface area contributed by atoms with E-state index in [1.54, 1.807) is 26.0 Å². The molecular formula is C15H23N3O3. The first-order valence-electron chi connectivity index (χ1n) is 6.98. The van der Waals surface area contributed by atoms with E-state index in [1.807, 2.05) is 13.8 Å². The fraction of sp³-hybridized carbons (Fsp3) is 0.467. The van der Waals surface area contributed by atoms with Crippen LogP contribution >= 0.6 is 0 Å². The maximum Gasteiger partial charge on any atom is 0.340 e. The molecular weight excluding hydrogens is 270 g/mol. The summed E-state index contributed by atoms with van der Waals surface area (Å²) >= 11 is 0. The van der Waals surface area contributed by atoms with Crippen LogP contribution in [-0.4, -0.2) is 30.6 Å². The molecule has 6 nitrogen and oxygen atoms in total. The number of esters is 1. The number of nitrogens with one attached hydrogen (secondary N) is 2. The standard InChI is InChI=1S/C15H23N3O3/c1-5-21-15(20)12-8-11(16)6-7-13(12)18-10(4)14(19)17-9(2)3/h6-10,18H,5,16H2,1-4H3,(H,17,19). The zero-order chi connectivity index (χ0) is 16.0. The Hall–Kier alpha value is -2.24. The summed E-state index contributed by atoms with van der Waals surface area (Å²) in [6.07, 6.45) is 0. The Bertz CT molecular complexity index is 515. The van der Waals surface area contributed by atoms with E-state index < -0.39 is 12.0 Å². The summed E-state index contributed by atoms with van der Waals surface area (Å²) in [7, 11) is 0. The molecule has 0 saturated heterocycles. The largest absolute Gasteiger partial charge is 0.462 e. The van der Waals surface area contributed by atoms with Gasteiger partial charge in [-0.25, -0.2) is 4.79 Å². The van der Waals surface area contributed by atoms with Gasteiger partial charge in [-0.15, -0.1) is 0 Å². The molecule has 0 spiro atoms. The van der Waals surface area contributed by atoms with Crippen LogP contribution in [0.4, 0.5) is 11.4 Å². The fourth-order valence-electron chi connectivity index (χ4n) is 1.77. The number of ether oxygens (including phenoxy) is 1. The minimum atomic E-state index is -0.482. The van der Waals surface area contributed by atoms with Crippen LogP contribution in [0.3, 0.4) is 0 Å². The number of carbonyl (C=O) groups excluding carboxylic acids is 2. The molecule has 0 radical (unpaired) electrons. The number of hydrogen-bond acceptors (Lipinski definition) is 5. The van der Waals surface area contributed by atoms with Crippen LogP contribution in [0.5, 0.6) is 0 Å². The molecule has 0 saturated carbocycles. The summed E-state index contributed by atoms with van der Waals surface area (Å²) in [6.45, 7) is 7.51. The van der Waals surface area contributed by atoms with Crippen LogP contribution in [-0.2, 0) is 9.53 Å². The Morgan fingerprint density at radius 1 is 1.29 bits per heavy atom. The van der Waals surface area contributed by atoms with Crippen LogP contribution in [0.2, 0.25) is 0 Å². The van der Waals surface area contributed by atoms with E-state index in [0.29, 0.717) is 16.9 Å². The second kappa shape index (κ2) is 7.52. The Morgan fingerprint density at radius 2 is 1.95 bits per heavy atom. The first-order chi connectivity index (χ1) is 9.85. The molecule has 1 aromatic carbocycles. The monoisotopic (exact) mass is 293 g/mol. The van der Waals surface area contributed by atoms with Gasteiger partial charge in [-0.05, 0) is 45.9 Å². The van der Waals surface area contributed by atoms with Crippen molar-refractivity contribution in [3.63, 3.8) is 0 Å². The third kappa shape index (κ3) is 4.98. The van der Waals surface area contributed by atoms with Gasteiger partial charge in [-0.2, -0.15) is 0 Å². The first-order valence-corrected chi connectivity index (χ1v) is 6.98. The van der Waals surface area contributed by atoms with E-state index in [2.05, 4.69) is 10.6 Å². The number of nitrogens with two attached hydrogens (primary N) is 1. The van der Waals surface area contributed by atoms with Gasteiger partial charge >= 0.3 is 5.97 Å². The lowest BCUT2D eigenvalue weighted by molar-refractivity contribution is -0.122. The lowest BCUT2D eigenvalue weighted by Crippen LogP contribution is -2.41. The number of amides is 1. The predicted molar refractivity (Wildman–Crippen MR) is 83.2 cm³/mol. The molecule has 0 aromatic heterocycles. The average molecular weight is 293 g/mol. The topological polar surface area (TPSA) is 93.4 Å². The van der Waals surface area contributed by atoms with Gasteiger partial charge in [0, 0.05) is 17.4 Å². The van der Waals surface area contributed by atoms with Crippen molar-refractivity contribution in [2.75, 3.05) is 17.7 Å². The number of anilines is 2. The lowest BCUT2D eigenvalue weighted by Gasteiger charge is -2.19. The van der Waals surface area contributed by atoms with Gasteiger partial charge < -0.3 is 21.1 Å². The maximum atomic E-state index is 11.9. The maximum absolute atomic E-state index is 11.9. The average Bonchev–Trinajstić information content (AvgIpc) is 2.40. The third-order valence-electron chi connectivity index (χ3n) is 2.74. The van der Waals surface area contributed by atoms with Crippen LogP contribution in [0.15, 0.2) is 18.2 Å². The zero-order valence-electron chi connectivity index (χ0n) is 12.9. The van der Waals surface area contributed by atoms with Gasteiger partial charge in [0.05, 0.1) is 12.2 Å². The lowest BCUT2D eigenvalue weighted by atomic mass is 10.1. The number of carbonyl (C=O) groups is 2. The number of benzene rings is 1. The molecule has 1 amide bonds. The molecule has 0 aliphatic carbocycles. The molecule has 0 aliphatic heterocycles. The fourth-order valence-corrected chi connectivity index (χ4v) is 1.77. The molecule has 0 aliphatic rings. The van der Waals surface area contributed by atoms with E-state index in [4.69, 9.17) is 10.5 Å². The molecule has 0 fully saturated rings. The second-order valence-corrected chi connectivity index (χ2v) is 5.05. The smallest absolute Gasteiger partial charge is 0.340 e. The SMILES string of the molecule is CCOC(=O)c1cc(N)ccc1NC(C)C(=O)NC(C)C. The Morgan fingerprint density at radius 3 is 2.52 bits per heavy atom. The predicted octanol–water partition coefficient (Wildman–Crippen LogP) is 1.77. The van der Waals surface area contributed by atoms with Crippen LogP contribution in [0.1, 0.15) is 38.1 Å². The summed E-state index contributed by atoms with van der Waals surface area (Å²) in [5.41, 5.74) is 7.01. The summed E-state index contributed by atoms with van der Waals surface area (Å²) in [5, 5.41) is 5.82. The highest BCUT2D eigenvalue weighted by molar-refractivity contribution is 5.97. The molecule has 116 valence electrons. The number of rotatable bonds is 6. The summed E-state index contributed by atoms with van der Waals surface area (Å²) < 4.78 is 5.00. The van der Waals surface area contributed by atoms with E-state index >= 15 is 0 Å². The second-order valence-electron chi connectivity index (χ2n) is 5.05. The zero-order valence-corrected chi connectivity index (χ0v) is 12.9. The molecule has 1 atom stereocenters. The molecule has 1 unspecified atom stereocenters. The van der Waals surface area contributed by atoms with Crippen molar-refractivity contribution in [1.82, 2.24) is 5.32 Å². The van der Waals surface area contributed by atoms with Crippen molar-refractivity contribution < 1.29 is 14.3 Å². The Balaban J connectivity index is 2.92. The normalized spacial score (nSPS) is 11.9. The van der Waals surface area contributed by atoms with E-state index in [0.717, 1.165) is 0 Å². The van der Waals surface area contributed by atoms with Gasteiger partial charge in [-0.3, -0.25) is 4.79 Å². The highest BCUT2D eigenvalue weighted by Crippen LogP contribution is 2.21. The molecule has 4 N–H and O–H groups in total. The van der Waals surface area contributed by atoms with Gasteiger partial charge in [0.25, 0.3) is 0 Å². The van der Waals surface area contributed by atoms with Crippen molar-refractivity contribution in [2.24, 2.45) is 0 Å². The molecule has 0 bridgehead atoms. The minimum Gasteiger partial charge on any atom is -0.462 e. The van der Waals surface area contributed by atoms with Gasteiger partial charge in [0.1, 0.15) is 6.04 Å². The summed E-state index contributed by atoms with van der Waals surface area (Å²) in [4.78, 5) is 23.8. The Labute approximate surface area is 125 Å². The van der Waals surface area contributed by atoms with Crippen LogP contribution < -0.4 is 16.4 Å². The van der Waals surface area contributed by atoms with Crippen molar-refractivity contribution >= 4 is 23.3 Å². The first kappa shape index (κ1) is 16.8. The Kier molecular flexibility index (Phi) is 6.02. The van der Waals surface area contributed by atoms with Crippen molar-refractivity contribution in [1.29, 1.82) is 0 Å². The van der Waals surface area contributed by atoms with E-state index in [1.165, 1.54) is 6.07 Å². The molecule has 6 heteroatoms. The van der Waals surface area contributed by atoms with Crippen molar-refractivity contribution in [3.8, 4) is 0 Å². The molecule has 0 heterocycles. The number of hydrogen-bond donors (Lipinski definition) is 3. The molecule has 21 heavy (non-hydrogen) atoms. The third-order valence-corrected chi connectivity index (χ3v) is 2.74. The number of nitrogen functional groups attached to an aromatic ring is 1. The van der Waals surface area contributed by atoms with E-state index in [9.17, 15) is 9.59 Å². The minimum absolute atomic E-state index is 0.0534. The van der Waals surface area contributed by atoms with E-state index in [-0.39, 0.29) is 18.6 Å². The quantitative estimate of drug-likeness (QED) is 0.549. The molecule has 1 aromatic rings. The summed E-state index contributed by atoms with van der Waals surface area (Å²) in [6, 6.07) is 4.44. The van der Waals surface area contributed by atoms with Gasteiger partial charge in [0.15, 0.2) is 0 Å². The van der Waals surface area contributed by atoms with Gasteiger partial charge in [0.2, 0.25) is 5.91 Å². The van der Waals surface area contributed by atoms with Crippen molar-refractivity contribution in [3.05, 3.63) is 23.8 Å².